The van der Waals surface area contributed by atoms with Crippen LogP contribution in [0, 0.1) is 0 Å². The van der Waals surface area contributed by atoms with E-state index in [0.29, 0.717) is 13.1 Å². The first-order valence-corrected chi connectivity index (χ1v) is 8.91. The molecule has 134 valence electrons. The summed E-state index contributed by atoms with van der Waals surface area (Å²) in [6.07, 6.45) is 4.54. The normalized spacial score (nSPS) is 16.7. The third-order valence-corrected chi connectivity index (χ3v) is 4.81. The molecule has 4 heterocycles. The molecule has 0 bridgehead atoms. The molecule has 2 aromatic rings. The number of carbonyl (C=O) groups excluding carboxylic acids is 1. The van der Waals surface area contributed by atoms with Crippen LogP contribution in [0.1, 0.15) is 44.0 Å². The van der Waals surface area contributed by atoms with Crippen LogP contribution >= 0.6 is 0 Å². The van der Waals surface area contributed by atoms with Crippen LogP contribution in [0.5, 0.6) is 0 Å². The second-order valence-electron chi connectivity index (χ2n) is 7.89. The van der Waals surface area contributed by atoms with E-state index < -0.39 is 5.60 Å². The summed E-state index contributed by atoms with van der Waals surface area (Å²) in [5.41, 5.74) is 5.28. The van der Waals surface area contributed by atoms with Gasteiger partial charge in [-0.25, -0.2) is 4.79 Å². The number of amides is 1. The number of rotatable bonds is 0. The summed E-state index contributed by atoms with van der Waals surface area (Å²) in [7, 11) is 1.97. The Balaban J connectivity index is 1.72. The molecule has 0 saturated heterocycles. The maximum absolute atomic E-state index is 12.5. The maximum atomic E-state index is 12.5. The first-order chi connectivity index (χ1) is 11.8. The molecule has 2 aliphatic heterocycles. The SMILES string of the molecule is Cn1ncc2c1-c1c3c(nn1CCC2)CCN(C(=O)OC(C)(C)C)C3. The predicted molar refractivity (Wildman–Crippen MR) is 93.1 cm³/mol. The maximum Gasteiger partial charge on any atom is 0.410 e. The molecular weight excluding hydrogens is 318 g/mol. The Morgan fingerprint density at radius 2 is 2.00 bits per heavy atom. The fraction of sp³-hybridized carbons (Fsp3) is 0.611. The van der Waals surface area contributed by atoms with Gasteiger partial charge in [-0.15, -0.1) is 0 Å². The Morgan fingerprint density at radius 3 is 2.76 bits per heavy atom. The fourth-order valence-electron chi connectivity index (χ4n) is 3.73. The highest BCUT2D eigenvalue weighted by molar-refractivity contribution is 5.71. The number of ether oxygens (including phenoxy) is 1. The van der Waals surface area contributed by atoms with Gasteiger partial charge in [0, 0.05) is 32.1 Å². The molecule has 0 fully saturated rings. The van der Waals surface area contributed by atoms with Crippen molar-refractivity contribution in [3.05, 3.63) is 23.0 Å². The van der Waals surface area contributed by atoms with Gasteiger partial charge in [0.1, 0.15) is 5.60 Å². The van der Waals surface area contributed by atoms with Gasteiger partial charge in [-0.05, 0) is 39.2 Å². The Kier molecular flexibility index (Phi) is 3.63. The average Bonchev–Trinajstić information content (AvgIpc) is 2.99. The molecule has 0 atom stereocenters. The smallest absolute Gasteiger partial charge is 0.410 e. The average molecular weight is 343 g/mol. The van der Waals surface area contributed by atoms with Gasteiger partial charge in [-0.2, -0.15) is 10.2 Å². The minimum absolute atomic E-state index is 0.253. The molecule has 0 spiro atoms. The molecule has 7 nitrogen and oxygen atoms in total. The second kappa shape index (κ2) is 5.61. The lowest BCUT2D eigenvalue weighted by atomic mass is 10.0. The van der Waals surface area contributed by atoms with Crippen molar-refractivity contribution < 1.29 is 9.53 Å². The molecule has 0 N–H and O–H groups in total. The summed E-state index contributed by atoms with van der Waals surface area (Å²) in [4.78, 5) is 14.3. The van der Waals surface area contributed by atoms with E-state index >= 15 is 0 Å². The Morgan fingerprint density at radius 1 is 1.20 bits per heavy atom. The lowest BCUT2D eigenvalue weighted by molar-refractivity contribution is 0.0224. The van der Waals surface area contributed by atoms with Gasteiger partial charge in [0.05, 0.1) is 29.8 Å². The predicted octanol–water partition coefficient (Wildman–Crippen LogP) is 2.52. The largest absolute Gasteiger partial charge is 0.444 e. The molecule has 25 heavy (non-hydrogen) atoms. The molecule has 4 rings (SSSR count). The van der Waals surface area contributed by atoms with Crippen LogP contribution < -0.4 is 0 Å². The number of carbonyl (C=O) groups is 1. The second-order valence-corrected chi connectivity index (χ2v) is 7.89. The fourth-order valence-corrected chi connectivity index (χ4v) is 3.73. The van der Waals surface area contributed by atoms with E-state index in [1.165, 1.54) is 5.56 Å². The topological polar surface area (TPSA) is 65.2 Å². The Hall–Kier alpha value is -2.31. The summed E-state index contributed by atoms with van der Waals surface area (Å²) in [5, 5.41) is 9.28. The van der Waals surface area contributed by atoms with E-state index in [1.807, 2.05) is 38.7 Å². The summed E-state index contributed by atoms with van der Waals surface area (Å²) in [6, 6.07) is 0. The van der Waals surface area contributed by atoms with Gasteiger partial charge in [-0.3, -0.25) is 9.36 Å². The van der Waals surface area contributed by atoms with Gasteiger partial charge in [0.25, 0.3) is 0 Å². The van der Waals surface area contributed by atoms with E-state index in [0.717, 1.165) is 48.5 Å². The standard InChI is InChI=1S/C18H25N5O2/c1-18(2,3)25-17(24)22-9-7-14-13(11-22)16-15-12(10-19-21(15)4)6-5-8-23(16)20-14/h10H,5-9,11H2,1-4H3. The van der Waals surface area contributed by atoms with Crippen molar-refractivity contribution in [3.8, 4) is 11.4 Å². The number of hydrogen-bond donors (Lipinski definition) is 0. The molecular formula is C18H25N5O2. The van der Waals surface area contributed by atoms with Crippen molar-refractivity contribution >= 4 is 6.09 Å². The van der Waals surface area contributed by atoms with Crippen LogP contribution in [0.2, 0.25) is 0 Å². The van der Waals surface area contributed by atoms with Crippen molar-refractivity contribution in [1.82, 2.24) is 24.5 Å². The minimum Gasteiger partial charge on any atom is -0.444 e. The summed E-state index contributed by atoms with van der Waals surface area (Å²) in [5.74, 6) is 0. The number of hydrogen-bond acceptors (Lipinski definition) is 4. The van der Waals surface area contributed by atoms with E-state index in [4.69, 9.17) is 9.84 Å². The molecule has 2 aromatic heterocycles. The van der Waals surface area contributed by atoms with E-state index in [-0.39, 0.29) is 6.09 Å². The van der Waals surface area contributed by atoms with Crippen molar-refractivity contribution in [3.63, 3.8) is 0 Å². The quantitative estimate of drug-likeness (QED) is 0.737. The number of nitrogens with zero attached hydrogens (tertiary/aromatic N) is 5. The van der Waals surface area contributed by atoms with Crippen LogP contribution in [0.25, 0.3) is 11.4 Å². The molecule has 0 saturated carbocycles. The van der Waals surface area contributed by atoms with E-state index in [1.54, 1.807) is 4.90 Å². The van der Waals surface area contributed by atoms with Crippen LogP contribution in [0.4, 0.5) is 4.79 Å². The van der Waals surface area contributed by atoms with Gasteiger partial charge < -0.3 is 9.64 Å². The highest BCUT2D eigenvalue weighted by Gasteiger charge is 2.32. The zero-order valence-electron chi connectivity index (χ0n) is 15.4. The lowest BCUT2D eigenvalue weighted by Gasteiger charge is -2.30. The monoisotopic (exact) mass is 343 g/mol. The third-order valence-electron chi connectivity index (χ3n) is 4.81. The zero-order valence-corrected chi connectivity index (χ0v) is 15.4. The number of aromatic nitrogens is 4. The zero-order chi connectivity index (χ0) is 17.8. The highest BCUT2D eigenvalue weighted by Crippen LogP contribution is 2.35. The highest BCUT2D eigenvalue weighted by atomic mass is 16.6. The van der Waals surface area contributed by atoms with Crippen LogP contribution in [-0.2, 0) is 37.7 Å². The molecule has 0 unspecified atom stereocenters. The molecule has 7 heteroatoms. The Labute approximate surface area is 147 Å². The Bertz CT molecular complexity index is 827. The van der Waals surface area contributed by atoms with Gasteiger partial charge in [0.15, 0.2) is 0 Å². The molecule has 0 aliphatic carbocycles. The number of aryl methyl sites for hydroxylation is 3. The summed E-state index contributed by atoms with van der Waals surface area (Å²) >= 11 is 0. The first-order valence-electron chi connectivity index (χ1n) is 8.91. The third kappa shape index (κ3) is 2.81. The first kappa shape index (κ1) is 16.2. The summed E-state index contributed by atoms with van der Waals surface area (Å²) < 4.78 is 9.60. The summed E-state index contributed by atoms with van der Waals surface area (Å²) in [6.45, 7) is 7.79. The van der Waals surface area contributed by atoms with Crippen molar-refractivity contribution in [2.24, 2.45) is 7.05 Å². The molecule has 0 radical (unpaired) electrons. The van der Waals surface area contributed by atoms with Crippen LogP contribution in [0.3, 0.4) is 0 Å². The number of fused-ring (bicyclic) bond motifs is 5. The van der Waals surface area contributed by atoms with Crippen LogP contribution in [0.15, 0.2) is 6.20 Å². The van der Waals surface area contributed by atoms with Gasteiger partial charge in [-0.1, -0.05) is 0 Å². The molecule has 1 amide bonds. The molecule has 2 aliphatic rings. The minimum atomic E-state index is -0.484. The van der Waals surface area contributed by atoms with E-state index in [2.05, 4.69) is 9.78 Å². The van der Waals surface area contributed by atoms with Crippen molar-refractivity contribution in [2.45, 2.75) is 58.7 Å². The molecule has 0 aromatic carbocycles. The van der Waals surface area contributed by atoms with Gasteiger partial charge in [0.2, 0.25) is 0 Å². The van der Waals surface area contributed by atoms with Crippen molar-refractivity contribution in [1.29, 1.82) is 0 Å². The van der Waals surface area contributed by atoms with E-state index in [9.17, 15) is 4.79 Å². The lowest BCUT2D eigenvalue weighted by Crippen LogP contribution is -2.39. The van der Waals surface area contributed by atoms with Crippen LogP contribution in [-0.4, -0.2) is 42.7 Å². The van der Waals surface area contributed by atoms with Gasteiger partial charge >= 0.3 is 6.09 Å². The van der Waals surface area contributed by atoms with Crippen molar-refractivity contribution in [2.75, 3.05) is 6.54 Å².